The van der Waals surface area contributed by atoms with Gasteiger partial charge in [0.1, 0.15) is 0 Å². The zero-order valence-electron chi connectivity index (χ0n) is 7.56. The van der Waals surface area contributed by atoms with Gasteiger partial charge >= 0.3 is 0 Å². The molecule has 12 heavy (non-hydrogen) atoms. The summed E-state index contributed by atoms with van der Waals surface area (Å²) in [4.78, 5) is 0. The number of nitriles is 1. The van der Waals surface area contributed by atoms with Crippen LogP contribution in [0.15, 0.2) is 22.7 Å². The van der Waals surface area contributed by atoms with Crippen molar-refractivity contribution in [2.75, 3.05) is 0 Å². The highest BCUT2D eigenvalue weighted by atomic mass is 79.9. The van der Waals surface area contributed by atoms with Crippen LogP contribution in [0.5, 0.6) is 0 Å². The third-order valence-corrected chi connectivity index (χ3v) is 1.63. The van der Waals surface area contributed by atoms with E-state index in [9.17, 15) is 0 Å². The van der Waals surface area contributed by atoms with E-state index in [1.807, 2.05) is 32.9 Å². The lowest BCUT2D eigenvalue weighted by molar-refractivity contribution is 1.40. The van der Waals surface area contributed by atoms with Gasteiger partial charge in [-0.1, -0.05) is 29.8 Å². The van der Waals surface area contributed by atoms with E-state index in [1.165, 1.54) is 0 Å². The van der Waals surface area contributed by atoms with Gasteiger partial charge in [-0.05, 0) is 30.7 Å². The van der Waals surface area contributed by atoms with Crippen molar-refractivity contribution in [1.29, 1.82) is 5.26 Å². The predicted octanol–water partition coefficient (Wildman–Crippen LogP) is 3.66. The number of rotatable bonds is 0. The molecule has 0 atom stereocenters. The summed E-state index contributed by atoms with van der Waals surface area (Å²) >= 11 is 3.30. The fraction of sp³-hybridized carbons (Fsp3) is 0.300. The quantitative estimate of drug-likeness (QED) is 0.662. The molecule has 0 saturated heterocycles. The van der Waals surface area contributed by atoms with Crippen LogP contribution in [0.4, 0.5) is 0 Å². The summed E-state index contributed by atoms with van der Waals surface area (Å²) in [6.45, 7) is 5.96. The van der Waals surface area contributed by atoms with E-state index in [-0.39, 0.29) is 0 Å². The van der Waals surface area contributed by atoms with Crippen LogP contribution in [-0.2, 0) is 0 Å². The SMILES string of the molecule is CC.Cc1cc(Br)cc(C#N)c1. The van der Waals surface area contributed by atoms with Gasteiger partial charge in [-0.3, -0.25) is 0 Å². The minimum atomic E-state index is 0.701. The smallest absolute Gasteiger partial charge is 0.0992 e. The molecule has 0 aliphatic rings. The molecule has 0 bridgehead atoms. The maximum Gasteiger partial charge on any atom is 0.0992 e. The normalized spacial score (nSPS) is 7.92. The van der Waals surface area contributed by atoms with Gasteiger partial charge in [0.15, 0.2) is 0 Å². The van der Waals surface area contributed by atoms with Crippen LogP contribution < -0.4 is 0 Å². The average Bonchev–Trinajstić information content (AvgIpc) is 2.06. The van der Waals surface area contributed by atoms with Gasteiger partial charge < -0.3 is 0 Å². The largest absolute Gasteiger partial charge is 0.192 e. The van der Waals surface area contributed by atoms with Gasteiger partial charge in [-0.2, -0.15) is 5.26 Å². The second kappa shape index (κ2) is 5.79. The van der Waals surface area contributed by atoms with E-state index >= 15 is 0 Å². The summed E-state index contributed by atoms with van der Waals surface area (Å²) in [5, 5.41) is 8.52. The van der Waals surface area contributed by atoms with Crippen LogP contribution in [-0.4, -0.2) is 0 Å². The second-order valence-corrected chi connectivity index (χ2v) is 3.04. The standard InChI is InChI=1S/C8H6BrN.C2H6/c1-6-2-7(5-10)4-8(9)3-6;1-2/h2-4H,1H3;1-2H3. The van der Waals surface area contributed by atoms with Crippen molar-refractivity contribution in [1.82, 2.24) is 0 Å². The monoisotopic (exact) mass is 225 g/mol. The molecule has 1 rings (SSSR count). The maximum absolute atomic E-state index is 8.52. The fourth-order valence-electron chi connectivity index (χ4n) is 0.801. The fourth-order valence-corrected chi connectivity index (χ4v) is 1.41. The number of hydrogen-bond acceptors (Lipinski definition) is 1. The molecular weight excluding hydrogens is 214 g/mol. The Morgan fingerprint density at radius 1 is 1.25 bits per heavy atom. The number of benzene rings is 1. The van der Waals surface area contributed by atoms with Gasteiger partial charge in [0, 0.05) is 4.47 Å². The molecule has 1 aromatic rings. The molecule has 2 heteroatoms. The summed E-state index contributed by atoms with van der Waals surface area (Å²) in [5.41, 5.74) is 1.80. The Hall–Kier alpha value is -0.810. The molecule has 64 valence electrons. The Balaban J connectivity index is 0.000000561. The van der Waals surface area contributed by atoms with E-state index in [2.05, 4.69) is 22.0 Å². The van der Waals surface area contributed by atoms with Crippen molar-refractivity contribution >= 4 is 15.9 Å². The summed E-state index contributed by atoms with van der Waals surface area (Å²) in [6, 6.07) is 7.70. The first kappa shape index (κ1) is 11.2. The van der Waals surface area contributed by atoms with Crippen molar-refractivity contribution < 1.29 is 0 Å². The first-order chi connectivity index (χ1) is 5.72. The molecule has 0 aromatic heterocycles. The van der Waals surface area contributed by atoms with Gasteiger partial charge in [0.2, 0.25) is 0 Å². The van der Waals surface area contributed by atoms with E-state index in [0.29, 0.717) is 5.56 Å². The van der Waals surface area contributed by atoms with Crippen LogP contribution >= 0.6 is 15.9 Å². The summed E-state index contributed by atoms with van der Waals surface area (Å²) in [5.74, 6) is 0. The van der Waals surface area contributed by atoms with Gasteiger partial charge in [0.25, 0.3) is 0 Å². The lowest BCUT2D eigenvalue weighted by Crippen LogP contribution is -1.76. The lowest BCUT2D eigenvalue weighted by Gasteiger charge is -1.93. The van der Waals surface area contributed by atoms with E-state index in [4.69, 9.17) is 5.26 Å². The van der Waals surface area contributed by atoms with Crippen molar-refractivity contribution in [2.24, 2.45) is 0 Å². The molecule has 0 aliphatic heterocycles. The molecule has 0 aliphatic carbocycles. The van der Waals surface area contributed by atoms with Crippen LogP contribution in [0, 0.1) is 18.3 Å². The number of hydrogen-bond donors (Lipinski definition) is 0. The lowest BCUT2D eigenvalue weighted by atomic mass is 10.2. The van der Waals surface area contributed by atoms with Crippen LogP contribution in [0.2, 0.25) is 0 Å². The third-order valence-electron chi connectivity index (χ3n) is 1.17. The minimum Gasteiger partial charge on any atom is -0.192 e. The van der Waals surface area contributed by atoms with Crippen molar-refractivity contribution in [3.05, 3.63) is 33.8 Å². The van der Waals surface area contributed by atoms with Gasteiger partial charge in [-0.25, -0.2) is 0 Å². The minimum absolute atomic E-state index is 0.701. The highest BCUT2D eigenvalue weighted by Crippen LogP contribution is 2.13. The number of halogens is 1. The third kappa shape index (κ3) is 3.54. The molecule has 0 unspecified atom stereocenters. The molecule has 0 radical (unpaired) electrons. The highest BCUT2D eigenvalue weighted by molar-refractivity contribution is 9.10. The molecule has 0 heterocycles. The first-order valence-corrected chi connectivity index (χ1v) is 4.69. The van der Waals surface area contributed by atoms with Gasteiger partial charge in [-0.15, -0.1) is 0 Å². The summed E-state index contributed by atoms with van der Waals surface area (Å²) in [7, 11) is 0. The van der Waals surface area contributed by atoms with E-state index in [1.54, 1.807) is 6.07 Å². The molecule has 0 saturated carbocycles. The van der Waals surface area contributed by atoms with Crippen molar-refractivity contribution in [3.8, 4) is 6.07 Å². The molecule has 0 fully saturated rings. The predicted molar refractivity (Wildman–Crippen MR) is 54.9 cm³/mol. The average molecular weight is 226 g/mol. The van der Waals surface area contributed by atoms with E-state index in [0.717, 1.165) is 10.0 Å². The van der Waals surface area contributed by atoms with Crippen LogP contribution in [0.3, 0.4) is 0 Å². The topological polar surface area (TPSA) is 23.8 Å². The van der Waals surface area contributed by atoms with E-state index < -0.39 is 0 Å². The molecule has 0 N–H and O–H groups in total. The molecular formula is C10H12BrN. The molecule has 1 nitrogen and oxygen atoms in total. The first-order valence-electron chi connectivity index (χ1n) is 3.89. The molecule has 0 spiro atoms. The van der Waals surface area contributed by atoms with Crippen LogP contribution in [0.25, 0.3) is 0 Å². The Labute approximate surface area is 82.2 Å². The second-order valence-electron chi connectivity index (χ2n) is 2.13. The summed E-state index contributed by atoms with van der Waals surface area (Å²) in [6.07, 6.45) is 0. The van der Waals surface area contributed by atoms with Gasteiger partial charge in [0.05, 0.1) is 11.6 Å². The zero-order valence-corrected chi connectivity index (χ0v) is 9.14. The van der Waals surface area contributed by atoms with Crippen molar-refractivity contribution in [3.63, 3.8) is 0 Å². The Morgan fingerprint density at radius 2 is 1.83 bits per heavy atom. The summed E-state index contributed by atoms with van der Waals surface area (Å²) < 4.78 is 0.962. The highest BCUT2D eigenvalue weighted by Gasteiger charge is 1.92. The Bertz CT molecular complexity index is 266. The maximum atomic E-state index is 8.52. The Morgan fingerprint density at radius 3 is 2.25 bits per heavy atom. The molecule has 1 aromatic carbocycles. The number of nitrogens with zero attached hydrogens (tertiary/aromatic N) is 1. The zero-order chi connectivity index (χ0) is 9.56. The molecule has 0 amide bonds. The Kier molecular flexibility index (Phi) is 5.40. The number of aryl methyl sites for hydroxylation is 1. The van der Waals surface area contributed by atoms with Crippen molar-refractivity contribution in [2.45, 2.75) is 20.8 Å². The van der Waals surface area contributed by atoms with Crippen LogP contribution in [0.1, 0.15) is 25.0 Å².